The van der Waals surface area contributed by atoms with Gasteiger partial charge in [0.05, 0.1) is 22.4 Å². The number of hydrazone groups is 1. The Labute approximate surface area is 213 Å². The zero-order valence-electron chi connectivity index (χ0n) is 16.9. The van der Waals surface area contributed by atoms with Crippen LogP contribution < -0.4 is 10.2 Å². The van der Waals surface area contributed by atoms with Crippen molar-refractivity contribution in [3.8, 4) is 5.75 Å². The third kappa shape index (κ3) is 5.35. The van der Waals surface area contributed by atoms with E-state index in [0.717, 1.165) is 14.3 Å². The Morgan fingerprint density at radius 1 is 0.909 bits per heavy atom. The third-order valence-corrected chi connectivity index (χ3v) is 6.25. The highest BCUT2D eigenvalue weighted by Gasteiger charge is 2.16. The Balaban J connectivity index is 1.65. The van der Waals surface area contributed by atoms with E-state index in [9.17, 15) is 9.59 Å². The number of hydrogen-bond donors (Lipinski definition) is 1. The van der Waals surface area contributed by atoms with Gasteiger partial charge in [0.25, 0.3) is 5.91 Å². The average molecular weight is 589 g/mol. The minimum atomic E-state index is -0.635. The molecule has 4 rings (SSSR count). The molecular weight excluding hydrogens is 574 g/mol. The zero-order chi connectivity index (χ0) is 23.4. The van der Waals surface area contributed by atoms with Gasteiger partial charge in [-0.2, -0.15) is 5.10 Å². The van der Waals surface area contributed by atoms with Gasteiger partial charge in [-0.05, 0) is 69.8 Å². The topological polar surface area (TPSA) is 67.8 Å². The molecule has 0 saturated carbocycles. The molecule has 33 heavy (non-hydrogen) atoms. The van der Waals surface area contributed by atoms with Crippen LogP contribution in [-0.4, -0.2) is 18.1 Å². The molecule has 8 heteroatoms. The quantitative estimate of drug-likeness (QED) is 0.0923. The van der Waals surface area contributed by atoms with Crippen molar-refractivity contribution in [2.24, 2.45) is 5.10 Å². The largest absolute Gasteiger partial charge is 0.422 e. The minimum Gasteiger partial charge on any atom is -0.422 e. The van der Waals surface area contributed by atoms with Gasteiger partial charge < -0.3 is 4.74 Å². The van der Waals surface area contributed by atoms with Gasteiger partial charge in [0.1, 0.15) is 5.75 Å². The van der Waals surface area contributed by atoms with E-state index in [1.807, 2.05) is 42.5 Å². The lowest BCUT2D eigenvalue weighted by Crippen LogP contribution is -2.19. The molecule has 0 fully saturated rings. The standard InChI is InChI=1S/C25H15Cl2IN2O3/c26-16-10-11-18(21(27)13-16)25(32)33-23-12-9-15-5-1-2-6-17(15)20(23)14-29-30-24(31)19-7-3-4-8-22(19)28/h1-14H,(H,30,31)/b29-14+. The number of nitrogens with zero attached hydrogens (tertiary/aromatic N) is 1. The van der Waals surface area contributed by atoms with Crippen LogP contribution >= 0.6 is 45.8 Å². The van der Waals surface area contributed by atoms with Crippen LogP contribution in [-0.2, 0) is 0 Å². The molecule has 0 radical (unpaired) electrons. The van der Waals surface area contributed by atoms with E-state index in [1.54, 1.807) is 24.3 Å². The van der Waals surface area contributed by atoms with Crippen molar-refractivity contribution in [1.82, 2.24) is 5.43 Å². The summed E-state index contributed by atoms with van der Waals surface area (Å²) >= 11 is 14.2. The van der Waals surface area contributed by atoms with Crippen molar-refractivity contribution in [3.63, 3.8) is 0 Å². The summed E-state index contributed by atoms with van der Waals surface area (Å²) in [7, 11) is 0. The molecule has 1 amide bonds. The van der Waals surface area contributed by atoms with E-state index >= 15 is 0 Å². The first-order valence-electron chi connectivity index (χ1n) is 9.71. The van der Waals surface area contributed by atoms with Crippen molar-refractivity contribution in [1.29, 1.82) is 0 Å². The molecule has 0 saturated heterocycles. The monoisotopic (exact) mass is 588 g/mol. The molecule has 164 valence electrons. The lowest BCUT2D eigenvalue weighted by Gasteiger charge is -2.11. The van der Waals surface area contributed by atoms with Crippen LogP contribution in [0.5, 0.6) is 5.75 Å². The maximum absolute atomic E-state index is 12.8. The molecule has 5 nitrogen and oxygen atoms in total. The second-order valence-corrected chi connectivity index (χ2v) is 8.90. The second kappa shape index (κ2) is 10.3. The number of benzene rings is 4. The lowest BCUT2D eigenvalue weighted by molar-refractivity contribution is 0.0734. The molecular formula is C25H15Cl2IN2O3. The van der Waals surface area contributed by atoms with Crippen LogP contribution in [0.2, 0.25) is 10.0 Å². The Hall–Kier alpha value is -2.94. The Bertz CT molecular complexity index is 1410. The van der Waals surface area contributed by atoms with E-state index in [2.05, 4.69) is 33.1 Å². The number of amides is 1. The number of halogens is 3. The fraction of sp³-hybridized carbons (Fsp3) is 0. The minimum absolute atomic E-state index is 0.184. The summed E-state index contributed by atoms with van der Waals surface area (Å²) < 4.78 is 6.46. The van der Waals surface area contributed by atoms with Gasteiger partial charge in [0.15, 0.2) is 0 Å². The highest BCUT2D eigenvalue weighted by Crippen LogP contribution is 2.29. The molecule has 0 aliphatic heterocycles. The first-order valence-corrected chi connectivity index (χ1v) is 11.5. The number of carbonyl (C=O) groups excluding carboxylic acids is 2. The molecule has 0 heterocycles. The van der Waals surface area contributed by atoms with Crippen molar-refractivity contribution in [2.45, 2.75) is 0 Å². The smallest absolute Gasteiger partial charge is 0.345 e. The number of nitrogens with one attached hydrogen (secondary N) is 1. The number of ether oxygens (including phenoxy) is 1. The normalized spacial score (nSPS) is 11.0. The average Bonchev–Trinajstić information content (AvgIpc) is 2.80. The van der Waals surface area contributed by atoms with Crippen LogP contribution in [0, 0.1) is 3.57 Å². The maximum Gasteiger partial charge on any atom is 0.345 e. The van der Waals surface area contributed by atoms with E-state index in [4.69, 9.17) is 27.9 Å². The summed E-state index contributed by atoms with van der Waals surface area (Å²) in [5.74, 6) is -0.704. The second-order valence-electron chi connectivity index (χ2n) is 6.89. The molecule has 0 atom stereocenters. The first kappa shape index (κ1) is 23.2. The molecule has 0 spiro atoms. The predicted molar refractivity (Wildman–Crippen MR) is 140 cm³/mol. The summed E-state index contributed by atoms with van der Waals surface area (Å²) in [6.45, 7) is 0. The number of esters is 1. The Kier molecular flexibility index (Phi) is 7.27. The summed E-state index contributed by atoms with van der Waals surface area (Å²) in [6, 6.07) is 22.8. The van der Waals surface area contributed by atoms with Gasteiger partial charge in [0.2, 0.25) is 0 Å². The van der Waals surface area contributed by atoms with Crippen molar-refractivity contribution < 1.29 is 14.3 Å². The van der Waals surface area contributed by atoms with Crippen LogP contribution in [0.3, 0.4) is 0 Å². The first-order chi connectivity index (χ1) is 15.9. The molecule has 1 N–H and O–H groups in total. The molecule has 4 aromatic carbocycles. The van der Waals surface area contributed by atoms with Gasteiger partial charge in [0, 0.05) is 14.2 Å². The molecule has 0 bridgehead atoms. The number of fused-ring (bicyclic) bond motifs is 1. The summed E-state index contributed by atoms with van der Waals surface area (Å²) in [5, 5.41) is 6.45. The highest BCUT2D eigenvalue weighted by molar-refractivity contribution is 14.1. The van der Waals surface area contributed by atoms with E-state index in [-0.39, 0.29) is 22.2 Å². The van der Waals surface area contributed by atoms with Crippen LogP contribution in [0.15, 0.2) is 84.0 Å². The van der Waals surface area contributed by atoms with Gasteiger partial charge in [-0.15, -0.1) is 0 Å². The third-order valence-electron chi connectivity index (χ3n) is 4.76. The number of carbonyl (C=O) groups is 2. The van der Waals surface area contributed by atoms with Gasteiger partial charge >= 0.3 is 5.97 Å². The fourth-order valence-electron chi connectivity index (χ4n) is 3.17. The number of rotatable bonds is 5. The molecule has 4 aromatic rings. The molecule has 0 aliphatic carbocycles. The summed E-state index contributed by atoms with van der Waals surface area (Å²) in [4.78, 5) is 25.3. The van der Waals surface area contributed by atoms with E-state index in [0.29, 0.717) is 16.1 Å². The van der Waals surface area contributed by atoms with Crippen LogP contribution in [0.1, 0.15) is 26.3 Å². The van der Waals surface area contributed by atoms with Gasteiger partial charge in [-0.1, -0.05) is 65.7 Å². The van der Waals surface area contributed by atoms with Crippen LogP contribution in [0.4, 0.5) is 0 Å². The van der Waals surface area contributed by atoms with Crippen molar-refractivity contribution in [2.75, 3.05) is 0 Å². The highest BCUT2D eigenvalue weighted by atomic mass is 127. The Morgan fingerprint density at radius 2 is 1.67 bits per heavy atom. The fourth-order valence-corrected chi connectivity index (χ4v) is 4.29. The van der Waals surface area contributed by atoms with E-state index in [1.165, 1.54) is 18.3 Å². The molecule has 0 unspecified atom stereocenters. The molecule has 0 aliphatic rings. The predicted octanol–water partition coefficient (Wildman–Crippen LogP) is 6.73. The molecule has 0 aromatic heterocycles. The van der Waals surface area contributed by atoms with Crippen molar-refractivity contribution >= 4 is 74.7 Å². The van der Waals surface area contributed by atoms with Crippen molar-refractivity contribution in [3.05, 3.63) is 109 Å². The zero-order valence-corrected chi connectivity index (χ0v) is 20.6. The lowest BCUT2D eigenvalue weighted by atomic mass is 10.0. The van der Waals surface area contributed by atoms with E-state index < -0.39 is 5.97 Å². The van der Waals surface area contributed by atoms with Gasteiger partial charge in [-0.3, -0.25) is 4.79 Å². The summed E-state index contributed by atoms with van der Waals surface area (Å²) in [5.41, 5.74) is 3.76. The van der Waals surface area contributed by atoms with Gasteiger partial charge in [-0.25, -0.2) is 10.2 Å². The maximum atomic E-state index is 12.8. The SMILES string of the molecule is O=C(Oc1ccc2ccccc2c1/C=N/NC(=O)c1ccccc1I)c1ccc(Cl)cc1Cl. The summed E-state index contributed by atoms with van der Waals surface area (Å²) in [6.07, 6.45) is 1.46. The Morgan fingerprint density at radius 3 is 2.45 bits per heavy atom. The van der Waals surface area contributed by atoms with Crippen LogP contribution in [0.25, 0.3) is 10.8 Å². The number of hydrogen-bond acceptors (Lipinski definition) is 4.